The van der Waals surface area contributed by atoms with Crippen LogP contribution in [0.1, 0.15) is 38.2 Å². The molecule has 24 heavy (non-hydrogen) atoms. The summed E-state index contributed by atoms with van der Waals surface area (Å²) in [4.78, 5) is 12.5. The zero-order valence-electron chi connectivity index (χ0n) is 14.7. The molecule has 0 aliphatic carbocycles. The van der Waals surface area contributed by atoms with Gasteiger partial charge in [-0.2, -0.15) is 0 Å². The number of thioether (sulfide) groups is 1. The molecule has 2 nitrogen and oxygen atoms in total. The number of benzene rings is 2. The van der Waals surface area contributed by atoms with Crippen LogP contribution >= 0.6 is 11.8 Å². The molecule has 0 bridgehead atoms. The van der Waals surface area contributed by atoms with E-state index in [4.69, 9.17) is 0 Å². The zero-order chi connectivity index (χ0) is 17.2. The van der Waals surface area contributed by atoms with E-state index in [1.165, 1.54) is 21.6 Å². The quantitative estimate of drug-likeness (QED) is 0.494. The van der Waals surface area contributed by atoms with Crippen molar-refractivity contribution in [3.05, 3.63) is 54.1 Å². The standard InChI is InChI=1S/C21H27NOS/c1-3-24-20-15-13-19(14-16-20)18-11-9-17(10-12-18)7-5-4-6-8-21(23)22-2/h9-16H,3-8H2,1-2H3,(H,22,23). The van der Waals surface area contributed by atoms with Crippen LogP contribution in [0.5, 0.6) is 0 Å². The normalized spacial score (nSPS) is 10.6. The Morgan fingerprint density at radius 2 is 1.54 bits per heavy atom. The Labute approximate surface area is 150 Å². The van der Waals surface area contributed by atoms with E-state index in [0.29, 0.717) is 6.42 Å². The van der Waals surface area contributed by atoms with Crippen molar-refractivity contribution in [3.8, 4) is 11.1 Å². The van der Waals surface area contributed by atoms with Crippen molar-refractivity contribution in [3.63, 3.8) is 0 Å². The van der Waals surface area contributed by atoms with Gasteiger partial charge in [0, 0.05) is 18.4 Å². The minimum Gasteiger partial charge on any atom is -0.359 e. The van der Waals surface area contributed by atoms with Crippen LogP contribution in [0.25, 0.3) is 11.1 Å². The zero-order valence-corrected chi connectivity index (χ0v) is 15.5. The van der Waals surface area contributed by atoms with Gasteiger partial charge in [-0.05, 0) is 53.8 Å². The van der Waals surface area contributed by atoms with Crippen LogP contribution in [-0.2, 0) is 11.2 Å². The van der Waals surface area contributed by atoms with Crippen LogP contribution in [0.2, 0.25) is 0 Å². The van der Waals surface area contributed by atoms with Crippen LogP contribution in [0.3, 0.4) is 0 Å². The summed E-state index contributed by atoms with van der Waals surface area (Å²) in [6, 6.07) is 17.7. The third kappa shape index (κ3) is 6.04. The lowest BCUT2D eigenvalue weighted by atomic mass is 10.0. The van der Waals surface area contributed by atoms with Gasteiger partial charge in [0.25, 0.3) is 0 Å². The predicted molar refractivity (Wildman–Crippen MR) is 105 cm³/mol. The molecule has 2 aromatic carbocycles. The van der Waals surface area contributed by atoms with Gasteiger partial charge in [0.05, 0.1) is 0 Å². The maximum Gasteiger partial charge on any atom is 0.219 e. The van der Waals surface area contributed by atoms with Crippen LogP contribution in [-0.4, -0.2) is 18.7 Å². The Balaban J connectivity index is 1.81. The van der Waals surface area contributed by atoms with E-state index >= 15 is 0 Å². The van der Waals surface area contributed by atoms with E-state index in [-0.39, 0.29) is 5.91 Å². The van der Waals surface area contributed by atoms with Gasteiger partial charge >= 0.3 is 0 Å². The van der Waals surface area contributed by atoms with Gasteiger partial charge in [-0.25, -0.2) is 0 Å². The first kappa shape index (κ1) is 18.6. The van der Waals surface area contributed by atoms with Gasteiger partial charge in [0.2, 0.25) is 5.91 Å². The van der Waals surface area contributed by atoms with Crippen molar-refractivity contribution in [2.24, 2.45) is 0 Å². The molecule has 0 radical (unpaired) electrons. The number of unbranched alkanes of at least 4 members (excludes halogenated alkanes) is 2. The number of hydrogen-bond acceptors (Lipinski definition) is 2. The summed E-state index contributed by atoms with van der Waals surface area (Å²) in [6.45, 7) is 2.18. The summed E-state index contributed by atoms with van der Waals surface area (Å²) in [7, 11) is 1.69. The highest BCUT2D eigenvalue weighted by atomic mass is 32.2. The fraction of sp³-hybridized carbons (Fsp3) is 0.381. The third-order valence-electron chi connectivity index (χ3n) is 4.10. The fourth-order valence-corrected chi connectivity index (χ4v) is 3.35. The number of rotatable bonds is 9. The van der Waals surface area contributed by atoms with Gasteiger partial charge in [0.1, 0.15) is 0 Å². The van der Waals surface area contributed by atoms with Crippen molar-refractivity contribution in [1.82, 2.24) is 5.32 Å². The molecule has 0 saturated carbocycles. The first-order valence-electron chi connectivity index (χ1n) is 8.75. The number of hydrogen-bond donors (Lipinski definition) is 1. The summed E-state index contributed by atoms with van der Waals surface area (Å²) in [5.74, 6) is 1.25. The molecule has 1 amide bonds. The lowest BCUT2D eigenvalue weighted by molar-refractivity contribution is -0.120. The Bertz CT molecular complexity index is 619. The number of nitrogens with one attached hydrogen (secondary N) is 1. The molecule has 2 aromatic rings. The SMILES string of the molecule is CCSc1ccc(-c2ccc(CCCCCC(=O)NC)cc2)cc1. The van der Waals surface area contributed by atoms with Crippen molar-refractivity contribution in [2.45, 2.75) is 43.9 Å². The van der Waals surface area contributed by atoms with E-state index in [2.05, 4.69) is 60.8 Å². The molecule has 3 heteroatoms. The van der Waals surface area contributed by atoms with Crippen molar-refractivity contribution in [1.29, 1.82) is 0 Å². The Kier molecular flexibility index (Phi) is 7.90. The minimum absolute atomic E-state index is 0.141. The molecule has 0 spiro atoms. The van der Waals surface area contributed by atoms with Crippen LogP contribution in [0.15, 0.2) is 53.4 Å². The average Bonchev–Trinajstić information content (AvgIpc) is 2.63. The molecular formula is C21H27NOS. The van der Waals surface area contributed by atoms with Gasteiger partial charge in [-0.3, -0.25) is 4.79 Å². The topological polar surface area (TPSA) is 29.1 Å². The lowest BCUT2D eigenvalue weighted by Gasteiger charge is -2.06. The largest absolute Gasteiger partial charge is 0.359 e. The second kappa shape index (κ2) is 10.2. The molecule has 0 aliphatic rings. The van der Waals surface area contributed by atoms with Crippen LogP contribution < -0.4 is 5.32 Å². The fourth-order valence-electron chi connectivity index (χ4n) is 2.69. The summed E-state index contributed by atoms with van der Waals surface area (Å²) in [5, 5.41) is 2.67. The molecule has 128 valence electrons. The van der Waals surface area contributed by atoms with Gasteiger partial charge in [-0.15, -0.1) is 11.8 Å². The molecule has 2 rings (SSSR count). The van der Waals surface area contributed by atoms with E-state index in [9.17, 15) is 4.79 Å². The summed E-state index contributed by atoms with van der Waals surface area (Å²) < 4.78 is 0. The van der Waals surface area contributed by atoms with E-state index in [0.717, 1.165) is 31.4 Å². The highest BCUT2D eigenvalue weighted by Gasteiger charge is 2.01. The molecule has 0 unspecified atom stereocenters. The second-order valence-electron chi connectivity index (χ2n) is 5.89. The number of aryl methyl sites for hydroxylation is 1. The Morgan fingerprint density at radius 3 is 2.12 bits per heavy atom. The molecule has 0 aromatic heterocycles. The molecule has 0 heterocycles. The van der Waals surface area contributed by atoms with Gasteiger partial charge in [-0.1, -0.05) is 49.7 Å². The smallest absolute Gasteiger partial charge is 0.219 e. The second-order valence-corrected chi connectivity index (χ2v) is 7.23. The Hall–Kier alpha value is -1.74. The Morgan fingerprint density at radius 1 is 0.917 bits per heavy atom. The molecule has 1 N–H and O–H groups in total. The van der Waals surface area contributed by atoms with E-state index in [1.807, 2.05) is 11.8 Å². The van der Waals surface area contributed by atoms with Crippen molar-refractivity contribution in [2.75, 3.05) is 12.8 Å². The van der Waals surface area contributed by atoms with E-state index in [1.54, 1.807) is 7.05 Å². The molecular weight excluding hydrogens is 314 g/mol. The van der Waals surface area contributed by atoms with E-state index < -0.39 is 0 Å². The average molecular weight is 342 g/mol. The van der Waals surface area contributed by atoms with Crippen LogP contribution in [0.4, 0.5) is 0 Å². The molecule has 0 atom stereocenters. The summed E-state index contributed by atoms with van der Waals surface area (Å²) >= 11 is 1.87. The maximum absolute atomic E-state index is 11.2. The summed E-state index contributed by atoms with van der Waals surface area (Å²) in [6.07, 6.45) is 4.94. The predicted octanol–water partition coefficient (Wildman–Crippen LogP) is 5.31. The van der Waals surface area contributed by atoms with Gasteiger partial charge in [0.15, 0.2) is 0 Å². The molecule has 0 aliphatic heterocycles. The van der Waals surface area contributed by atoms with Crippen LogP contribution in [0, 0.1) is 0 Å². The molecule has 0 fully saturated rings. The van der Waals surface area contributed by atoms with Crippen molar-refractivity contribution >= 4 is 17.7 Å². The van der Waals surface area contributed by atoms with Crippen molar-refractivity contribution < 1.29 is 4.79 Å². The highest BCUT2D eigenvalue weighted by Crippen LogP contribution is 2.24. The highest BCUT2D eigenvalue weighted by molar-refractivity contribution is 7.99. The first-order valence-corrected chi connectivity index (χ1v) is 9.74. The number of amides is 1. The lowest BCUT2D eigenvalue weighted by Crippen LogP contribution is -2.16. The number of carbonyl (C=O) groups excluding carboxylic acids is 1. The number of carbonyl (C=O) groups is 1. The first-order chi connectivity index (χ1) is 11.7. The van der Waals surface area contributed by atoms with Gasteiger partial charge < -0.3 is 5.32 Å². The molecule has 0 saturated heterocycles. The maximum atomic E-state index is 11.2. The third-order valence-corrected chi connectivity index (χ3v) is 4.99. The minimum atomic E-state index is 0.141. The monoisotopic (exact) mass is 341 g/mol. The summed E-state index contributed by atoms with van der Waals surface area (Å²) in [5.41, 5.74) is 3.91.